The topological polar surface area (TPSA) is 73.4 Å². The highest BCUT2D eigenvalue weighted by molar-refractivity contribution is 6.00. The van der Waals surface area contributed by atoms with Crippen LogP contribution >= 0.6 is 0 Å². The van der Waals surface area contributed by atoms with Gasteiger partial charge in [-0.1, -0.05) is 30.3 Å². The molecule has 2 aromatic rings. The highest BCUT2D eigenvalue weighted by Crippen LogP contribution is 2.24. The Hall–Kier alpha value is -2.56. The number of carbonyl (C=O) groups is 2. The Morgan fingerprint density at radius 1 is 1.19 bits per heavy atom. The van der Waals surface area contributed by atoms with Crippen LogP contribution in [-0.4, -0.2) is 40.5 Å². The third-order valence-corrected chi connectivity index (χ3v) is 3.29. The fraction of sp³-hybridized carbons (Fsp3) is 0.250. The minimum absolute atomic E-state index is 0.0658. The summed E-state index contributed by atoms with van der Waals surface area (Å²) in [4.78, 5) is 27.5. The monoisotopic (exact) mass is 286 g/mol. The zero-order chi connectivity index (χ0) is 15.2. The minimum Gasteiger partial charge on any atom is -0.481 e. The molecule has 1 aromatic heterocycles. The Morgan fingerprint density at radius 3 is 2.57 bits per heavy atom. The van der Waals surface area contributed by atoms with Crippen molar-refractivity contribution in [2.24, 2.45) is 0 Å². The van der Waals surface area contributed by atoms with Gasteiger partial charge in [-0.3, -0.25) is 9.59 Å². The molecule has 0 radical (unpaired) electrons. The first-order valence-corrected chi connectivity index (χ1v) is 6.79. The first-order chi connectivity index (χ1) is 10.1. The van der Waals surface area contributed by atoms with Crippen molar-refractivity contribution in [1.82, 2.24) is 9.88 Å². The number of aromatic amines is 1. The van der Waals surface area contributed by atoms with E-state index in [1.807, 2.05) is 30.3 Å². The van der Waals surface area contributed by atoms with E-state index in [1.54, 1.807) is 24.3 Å². The molecule has 1 aromatic carbocycles. The Balaban J connectivity index is 2.10. The van der Waals surface area contributed by atoms with E-state index in [9.17, 15) is 9.59 Å². The van der Waals surface area contributed by atoms with E-state index in [4.69, 9.17) is 5.11 Å². The van der Waals surface area contributed by atoms with Crippen LogP contribution in [0.5, 0.6) is 0 Å². The predicted octanol–water partition coefficient (Wildman–Crippen LogP) is 2.62. The van der Waals surface area contributed by atoms with Crippen molar-refractivity contribution in [3.8, 4) is 11.1 Å². The van der Waals surface area contributed by atoms with Crippen LogP contribution in [0.1, 0.15) is 23.2 Å². The third-order valence-electron chi connectivity index (χ3n) is 3.29. The first kappa shape index (κ1) is 14.8. The van der Waals surface area contributed by atoms with E-state index in [1.165, 1.54) is 0 Å². The summed E-state index contributed by atoms with van der Waals surface area (Å²) in [5.41, 5.74) is 2.42. The maximum atomic E-state index is 12.4. The fourth-order valence-electron chi connectivity index (χ4n) is 2.17. The Kier molecular flexibility index (Phi) is 4.77. The van der Waals surface area contributed by atoms with Crippen LogP contribution in [0.4, 0.5) is 0 Å². The van der Waals surface area contributed by atoms with Gasteiger partial charge < -0.3 is 15.0 Å². The summed E-state index contributed by atoms with van der Waals surface area (Å²) in [5, 5.41) is 8.63. The molecule has 0 bridgehead atoms. The summed E-state index contributed by atoms with van der Waals surface area (Å²) < 4.78 is 0. The highest BCUT2D eigenvalue weighted by Gasteiger charge is 2.17. The normalized spacial score (nSPS) is 10.3. The smallest absolute Gasteiger partial charge is 0.303 e. The van der Waals surface area contributed by atoms with Gasteiger partial charge in [0.05, 0.1) is 5.56 Å². The standard InChI is InChI=1S/C16H18N2O3/c1-18(9-5-8-15(19)20)16(21)14-11-17-10-13(14)12-6-3-2-4-7-12/h2-4,6-7,10-11,17H,5,8-9H2,1H3,(H,19,20). The van der Waals surface area contributed by atoms with Gasteiger partial charge in [0, 0.05) is 38.0 Å². The fourth-order valence-corrected chi connectivity index (χ4v) is 2.17. The number of rotatable bonds is 6. The molecule has 2 N–H and O–H groups in total. The molecule has 0 unspecified atom stereocenters. The van der Waals surface area contributed by atoms with E-state index in [0.717, 1.165) is 11.1 Å². The van der Waals surface area contributed by atoms with Crippen LogP contribution in [0.3, 0.4) is 0 Å². The number of carboxylic acids is 1. The van der Waals surface area contributed by atoms with Crippen molar-refractivity contribution < 1.29 is 14.7 Å². The Morgan fingerprint density at radius 2 is 1.90 bits per heavy atom. The van der Waals surface area contributed by atoms with E-state index in [-0.39, 0.29) is 12.3 Å². The third kappa shape index (κ3) is 3.72. The first-order valence-electron chi connectivity index (χ1n) is 6.79. The number of aliphatic carboxylic acids is 1. The number of carboxylic acid groups (broad SMARTS) is 1. The van der Waals surface area contributed by atoms with E-state index >= 15 is 0 Å². The molecule has 0 aliphatic heterocycles. The molecule has 0 atom stereocenters. The molecule has 5 heteroatoms. The molecule has 0 aliphatic rings. The number of amides is 1. The maximum absolute atomic E-state index is 12.4. The molecular weight excluding hydrogens is 268 g/mol. The molecule has 110 valence electrons. The van der Waals surface area contributed by atoms with Gasteiger partial charge in [-0.2, -0.15) is 0 Å². The van der Waals surface area contributed by atoms with E-state index < -0.39 is 5.97 Å². The lowest BCUT2D eigenvalue weighted by atomic mass is 10.0. The summed E-state index contributed by atoms with van der Waals surface area (Å²) in [7, 11) is 1.69. The SMILES string of the molecule is CN(CCCC(=O)O)C(=O)c1c[nH]cc1-c1ccccc1. The van der Waals surface area contributed by atoms with Crippen molar-refractivity contribution in [3.05, 3.63) is 48.3 Å². The molecule has 0 saturated carbocycles. The lowest BCUT2D eigenvalue weighted by molar-refractivity contribution is -0.137. The zero-order valence-electron chi connectivity index (χ0n) is 11.9. The van der Waals surface area contributed by atoms with Gasteiger partial charge in [0.2, 0.25) is 0 Å². The number of hydrogen-bond donors (Lipinski definition) is 2. The second-order valence-corrected chi connectivity index (χ2v) is 4.87. The summed E-state index contributed by atoms with van der Waals surface area (Å²) in [6, 6.07) is 9.67. The average molecular weight is 286 g/mol. The molecule has 1 amide bonds. The number of hydrogen-bond acceptors (Lipinski definition) is 2. The van der Waals surface area contributed by atoms with Gasteiger partial charge in [0.15, 0.2) is 0 Å². The predicted molar refractivity (Wildman–Crippen MR) is 80.1 cm³/mol. The molecule has 1 heterocycles. The Labute approximate surface area is 123 Å². The molecular formula is C16H18N2O3. The van der Waals surface area contributed by atoms with Crippen LogP contribution in [0, 0.1) is 0 Å². The van der Waals surface area contributed by atoms with E-state index in [2.05, 4.69) is 4.98 Å². The second kappa shape index (κ2) is 6.74. The average Bonchev–Trinajstić information content (AvgIpc) is 2.96. The van der Waals surface area contributed by atoms with Gasteiger partial charge in [-0.15, -0.1) is 0 Å². The number of carbonyl (C=O) groups excluding carboxylic acids is 1. The molecule has 0 aliphatic carbocycles. The summed E-state index contributed by atoms with van der Waals surface area (Å²) >= 11 is 0. The lowest BCUT2D eigenvalue weighted by Gasteiger charge is -2.17. The van der Waals surface area contributed by atoms with Crippen LogP contribution < -0.4 is 0 Å². The van der Waals surface area contributed by atoms with E-state index in [0.29, 0.717) is 18.5 Å². The minimum atomic E-state index is -0.845. The lowest BCUT2D eigenvalue weighted by Crippen LogP contribution is -2.28. The molecule has 5 nitrogen and oxygen atoms in total. The number of nitrogens with one attached hydrogen (secondary N) is 1. The number of aromatic nitrogens is 1. The van der Waals surface area contributed by atoms with Crippen molar-refractivity contribution in [3.63, 3.8) is 0 Å². The van der Waals surface area contributed by atoms with Crippen LogP contribution in [0.25, 0.3) is 11.1 Å². The zero-order valence-corrected chi connectivity index (χ0v) is 11.9. The van der Waals surface area contributed by atoms with Crippen molar-refractivity contribution in [2.45, 2.75) is 12.8 Å². The van der Waals surface area contributed by atoms with Crippen molar-refractivity contribution in [1.29, 1.82) is 0 Å². The van der Waals surface area contributed by atoms with Crippen molar-refractivity contribution in [2.75, 3.05) is 13.6 Å². The van der Waals surface area contributed by atoms with Gasteiger partial charge in [-0.25, -0.2) is 0 Å². The molecule has 21 heavy (non-hydrogen) atoms. The summed E-state index contributed by atoms with van der Waals surface area (Å²) in [5.74, 6) is -0.956. The Bertz CT molecular complexity index is 619. The van der Waals surface area contributed by atoms with Gasteiger partial charge in [0.25, 0.3) is 5.91 Å². The highest BCUT2D eigenvalue weighted by atomic mass is 16.4. The van der Waals surface area contributed by atoms with Gasteiger partial charge in [-0.05, 0) is 12.0 Å². The van der Waals surface area contributed by atoms with Gasteiger partial charge in [0.1, 0.15) is 0 Å². The van der Waals surface area contributed by atoms with Crippen LogP contribution in [0.2, 0.25) is 0 Å². The van der Waals surface area contributed by atoms with Gasteiger partial charge >= 0.3 is 5.97 Å². The van der Waals surface area contributed by atoms with Crippen molar-refractivity contribution >= 4 is 11.9 Å². The molecule has 0 saturated heterocycles. The summed E-state index contributed by atoms with van der Waals surface area (Å²) in [6.45, 7) is 0.421. The maximum Gasteiger partial charge on any atom is 0.303 e. The largest absolute Gasteiger partial charge is 0.481 e. The number of H-pyrrole nitrogens is 1. The molecule has 0 fully saturated rings. The second-order valence-electron chi connectivity index (χ2n) is 4.87. The number of nitrogens with zero attached hydrogens (tertiary/aromatic N) is 1. The van der Waals surface area contributed by atoms with Crippen LogP contribution in [-0.2, 0) is 4.79 Å². The summed E-state index contributed by atoms with van der Waals surface area (Å²) in [6.07, 6.45) is 3.99. The van der Waals surface area contributed by atoms with Crippen LogP contribution in [0.15, 0.2) is 42.7 Å². The quantitative estimate of drug-likeness (QED) is 0.857. The molecule has 0 spiro atoms. The number of benzene rings is 1. The molecule has 2 rings (SSSR count).